The minimum Gasteiger partial charge on any atom is -0.474 e. The average Bonchev–Trinajstić information content (AvgIpc) is 3.63. The van der Waals surface area contributed by atoms with Crippen molar-refractivity contribution in [2.75, 3.05) is 5.75 Å². The van der Waals surface area contributed by atoms with Crippen LogP contribution in [0.4, 0.5) is 4.39 Å². The SMILES string of the molecule is CCS(=O)(=O)N1C2CC[C@H]1C[C@@H](Oc1ncnc(Oc3ccc(S(=O)(=O)C4CC4)cc3F)c1C)C2. The van der Waals surface area contributed by atoms with Crippen LogP contribution in [-0.4, -0.2) is 60.3 Å². The fraction of sp³-hybridized carbons (Fsp3) is 0.565. The molecule has 190 valence electrons. The van der Waals surface area contributed by atoms with E-state index in [1.165, 1.54) is 18.5 Å². The van der Waals surface area contributed by atoms with Gasteiger partial charge in [-0.2, -0.15) is 4.31 Å². The molecule has 0 spiro atoms. The van der Waals surface area contributed by atoms with Crippen molar-refractivity contribution in [3.63, 3.8) is 0 Å². The van der Waals surface area contributed by atoms with Crippen molar-refractivity contribution in [2.45, 2.75) is 80.7 Å². The number of hydrogen-bond acceptors (Lipinski definition) is 8. The fourth-order valence-electron chi connectivity index (χ4n) is 5.00. The smallest absolute Gasteiger partial charge is 0.229 e. The van der Waals surface area contributed by atoms with Gasteiger partial charge in [-0.05, 0) is 57.7 Å². The van der Waals surface area contributed by atoms with Gasteiger partial charge in [0, 0.05) is 24.9 Å². The molecule has 35 heavy (non-hydrogen) atoms. The van der Waals surface area contributed by atoms with Crippen LogP contribution in [0.15, 0.2) is 29.4 Å². The molecule has 12 heteroatoms. The minimum absolute atomic E-state index is 0.0562. The van der Waals surface area contributed by atoms with Crippen LogP contribution in [0.5, 0.6) is 17.5 Å². The Kier molecular flexibility index (Phi) is 6.25. The molecular weight excluding hydrogens is 497 g/mol. The predicted molar refractivity (Wildman–Crippen MR) is 125 cm³/mol. The van der Waals surface area contributed by atoms with E-state index in [1.54, 1.807) is 18.2 Å². The van der Waals surface area contributed by atoms with Gasteiger partial charge in [-0.25, -0.2) is 31.2 Å². The molecular formula is C23H28FN3O6S2. The van der Waals surface area contributed by atoms with Crippen molar-refractivity contribution in [1.29, 1.82) is 0 Å². The van der Waals surface area contributed by atoms with E-state index in [4.69, 9.17) is 9.47 Å². The van der Waals surface area contributed by atoms with Gasteiger partial charge in [-0.3, -0.25) is 0 Å². The lowest BCUT2D eigenvalue weighted by Crippen LogP contribution is -2.49. The molecule has 3 aliphatic rings. The number of sulfone groups is 1. The molecule has 1 aromatic heterocycles. The number of fused-ring (bicyclic) bond motifs is 2. The van der Waals surface area contributed by atoms with E-state index in [-0.39, 0.29) is 40.5 Å². The zero-order valence-corrected chi connectivity index (χ0v) is 21.2. The highest BCUT2D eigenvalue weighted by Gasteiger charge is 2.47. The Labute approximate surface area is 204 Å². The molecule has 2 aromatic rings. The van der Waals surface area contributed by atoms with Crippen LogP contribution in [0.25, 0.3) is 0 Å². The summed E-state index contributed by atoms with van der Waals surface area (Å²) < 4.78 is 77.8. The van der Waals surface area contributed by atoms with Crippen LogP contribution in [0.1, 0.15) is 51.0 Å². The van der Waals surface area contributed by atoms with Gasteiger partial charge < -0.3 is 9.47 Å². The van der Waals surface area contributed by atoms with E-state index < -0.39 is 30.9 Å². The Morgan fingerprint density at radius 3 is 2.29 bits per heavy atom. The van der Waals surface area contributed by atoms with Crippen molar-refractivity contribution in [3.05, 3.63) is 35.9 Å². The van der Waals surface area contributed by atoms with E-state index in [9.17, 15) is 21.2 Å². The molecule has 2 aliphatic heterocycles. The normalized spacial score (nSPS) is 24.9. The van der Waals surface area contributed by atoms with E-state index in [0.717, 1.165) is 18.9 Å². The minimum atomic E-state index is -3.51. The number of ether oxygens (including phenoxy) is 2. The second-order valence-electron chi connectivity index (χ2n) is 9.37. The maximum Gasteiger partial charge on any atom is 0.229 e. The van der Waals surface area contributed by atoms with Crippen molar-refractivity contribution in [3.8, 4) is 17.5 Å². The topological polar surface area (TPSA) is 116 Å². The third kappa shape index (κ3) is 4.63. The van der Waals surface area contributed by atoms with E-state index in [2.05, 4.69) is 9.97 Å². The highest BCUT2D eigenvalue weighted by Crippen LogP contribution is 2.40. The number of halogens is 1. The van der Waals surface area contributed by atoms with Gasteiger partial charge in [0.05, 0.1) is 21.5 Å². The van der Waals surface area contributed by atoms with Crippen LogP contribution in [0, 0.1) is 12.7 Å². The molecule has 1 aliphatic carbocycles. The Morgan fingerprint density at radius 1 is 1.03 bits per heavy atom. The highest BCUT2D eigenvalue weighted by atomic mass is 32.2. The zero-order valence-electron chi connectivity index (χ0n) is 19.6. The maximum atomic E-state index is 14.7. The van der Waals surface area contributed by atoms with Crippen molar-refractivity contribution >= 4 is 19.9 Å². The van der Waals surface area contributed by atoms with Crippen molar-refractivity contribution < 1.29 is 30.7 Å². The summed E-state index contributed by atoms with van der Waals surface area (Å²) in [5, 5.41) is -0.429. The number of piperidine rings is 1. The second-order valence-corrected chi connectivity index (χ2v) is 13.8. The van der Waals surface area contributed by atoms with Gasteiger partial charge in [0.25, 0.3) is 0 Å². The number of aromatic nitrogens is 2. The molecule has 5 rings (SSSR count). The summed E-state index contributed by atoms with van der Waals surface area (Å²) in [6.45, 7) is 3.35. The van der Waals surface area contributed by atoms with Crippen LogP contribution in [0.3, 0.4) is 0 Å². The van der Waals surface area contributed by atoms with Gasteiger partial charge in [0.1, 0.15) is 12.4 Å². The lowest BCUT2D eigenvalue weighted by molar-refractivity contribution is 0.0908. The van der Waals surface area contributed by atoms with Gasteiger partial charge in [0.2, 0.25) is 21.8 Å². The van der Waals surface area contributed by atoms with Gasteiger partial charge in [-0.15, -0.1) is 0 Å². The largest absolute Gasteiger partial charge is 0.474 e. The van der Waals surface area contributed by atoms with Crippen LogP contribution < -0.4 is 9.47 Å². The molecule has 3 atom stereocenters. The summed E-state index contributed by atoms with van der Waals surface area (Å²) in [5.41, 5.74) is 0.470. The summed E-state index contributed by atoms with van der Waals surface area (Å²) >= 11 is 0. The maximum absolute atomic E-state index is 14.7. The zero-order chi connectivity index (χ0) is 25.0. The standard InChI is InChI=1S/C23H28FN3O6S2/c1-3-34(28,29)27-15-4-5-16(27)11-17(10-15)32-22-14(2)23(26-13-25-22)33-21-9-8-19(12-20(21)24)35(30,31)18-6-7-18/h8-9,12-13,15-18H,3-7,10-11H2,1-2H3/t15-,16?,17+/m0/s1. The first kappa shape index (κ1) is 24.4. The summed E-state index contributed by atoms with van der Waals surface area (Å²) in [6.07, 6.45) is 5.01. The molecule has 0 amide bonds. The van der Waals surface area contributed by atoms with Crippen molar-refractivity contribution in [2.24, 2.45) is 0 Å². The Morgan fingerprint density at radius 2 is 1.69 bits per heavy atom. The number of sulfonamides is 1. The van der Waals surface area contributed by atoms with E-state index in [1.807, 2.05) is 0 Å². The van der Waals surface area contributed by atoms with Crippen LogP contribution >= 0.6 is 0 Å². The molecule has 3 fully saturated rings. The van der Waals surface area contributed by atoms with E-state index in [0.29, 0.717) is 37.1 Å². The summed E-state index contributed by atoms with van der Waals surface area (Å²) in [6, 6.07) is 3.44. The van der Waals surface area contributed by atoms with Crippen LogP contribution in [-0.2, 0) is 19.9 Å². The fourth-order valence-corrected chi connectivity index (χ4v) is 8.25. The first-order chi connectivity index (χ1) is 16.6. The Balaban J connectivity index is 1.30. The molecule has 1 unspecified atom stereocenters. The van der Waals surface area contributed by atoms with E-state index >= 15 is 0 Å². The third-order valence-electron chi connectivity index (χ3n) is 6.98. The van der Waals surface area contributed by atoms with Crippen molar-refractivity contribution in [1.82, 2.24) is 14.3 Å². The first-order valence-corrected chi connectivity index (χ1v) is 15.0. The molecule has 1 saturated carbocycles. The lowest BCUT2D eigenvalue weighted by Gasteiger charge is -2.37. The Hall–Kier alpha value is -2.31. The molecule has 0 N–H and O–H groups in total. The summed E-state index contributed by atoms with van der Waals surface area (Å²) in [4.78, 5) is 8.24. The van der Waals surface area contributed by atoms with Crippen LogP contribution in [0.2, 0.25) is 0 Å². The first-order valence-electron chi connectivity index (χ1n) is 11.8. The lowest BCUT2D eigenvalue weighted by atomic mass is 10.0. The number of rotatable bonds is 8. The molecule has 2 bridgehead atoms. The average molecular weight is 526 g/mol. The number of nitrogens with zero attached hydrogens (tertiary/aromatic N) is 3. The monoisotopic (exact) mass is 525 g/mol. The van der Waals surface area contributed by atoms with Gasteiger partial charge in [-0.1, -0.05) is 0 Å². The number of hydrogen-bond donors (Lipinski definition) is 0. The number of benzene rings is 1. The summed E-state index contributed by atoms with van der Waals surface area (Å²) in [7, 11) is -6.77. The van der Waals surface area contributed by atoms with Gasteiger partial charge >= 0.3 is 0 Å². The molecule has 0 radical (unpaired) electrons. The second kappa shape index (κ2) is 8.97. The Bertz CT molecular complexity index is 1330. The van der Waals surface area contributed by atoms with Gasteiger partial charge in [0.15, 0.2) is 21.4 Å². The predicted octanol–water partition coefficient (Wildman–Crippen LogP) is 3.38. The summed E-state index contributed by atoms with van der Waals surface area (Å²) in [5.74, 6) is -0.474. The molecule has 2 saturated heterocycles. The highest BCUT2D eigenvalue weighted by molar-refractivity contribution is 7.92. The molecule has 1 aromatic carbocycles. The third-order valence-corrected chi connectivity index (χ3v) is 11.2. The quantitative estimate of drug-likeness (QED) is 0.515. The molecule has 9 nitrogen and oxygen atoms in total. The molecule has 3 heterocycles.